The molecule has 3 atom stereocenters. The minimum Gasteiger partial charge on any atom is -0.374 e. The largest absolute Gasteiger partial charge is 0.374 e. The van der Waals surface area contributed by atoms with Crippen LogP contribution in [0.25, 0.3) is 0 Å². The molecule has 0 aromatic heterocycles. The van der Waals surface area contributed by atoms with Crippen molar-refractivity contribution in [1.29, 1.82) is 0 Å². The maximum absolute atomic E-state index is 5.72. The molecule has 68 valence electrons. The first kappa shape index (κ1) is 10.9. The lowest BCUT2D eigenvalue weighted by atomic mass is 10.0. The van der Waals surface area contributed by atoms with Gasteiger partial charge in [0, 0.05) is 6.04 Å². The highest BCUT2D eigenvalue weighted by Gasteiger charge is 2.21. The molecule has 1 aliphatic heterocycles. The van der Waals surface area contributed by atoms with Crippen LogP contribution in [0.4, 0.5) is 0 Å². The van der Waals surface area contributed by atoms with Crippen molar-refractivity contribution < 1.29 is 4.74 Å². The Morgan fingerprint density at radius 2 is 1.73 bits per heavy atom. The first-order valence-electron chi connectivity index (χ1n) is 4.61. The highest BCUT2D eigenvalue weighted by Crippen LogP contribution is 2.16. The predicted molar refractivity (Wildman–Crippen MR) is 48.6 cm³/mol. The summed E-state index contributed by atoms with van der Waals surface area (Å²) >= 11 is 0. The fourth-order valence-electron chi connectivity index (χ4n) is 1.20. The third-order valence-corrected chi connectivity index (χ3v) is 1.96. The van der Waals surface area contributed by atoms with E-state index in [1.54, 1.807) is 0 Å². The molecule has 0 aliphatic carbocycles. The van der Waals surface area contributed by atoms with Crippen LogP contribution in [-0.4, -0.2) is 18.2 Å². The van der Waals surface area contributed by atoms with E-state index in [0.717, 1.165) is 12.8 Å². The van der Waals surface area contributed by atoms with Crippen LogP contribution < -0.4 is 5.73 Å². The van der Waals surface area contributed by atoms with Gasteiger partial charge in [0.1, 0.15) is 0 Å². The third-order valence-electron chi connectivity index (χ3n) is 1.96. The van der Waals surface area contributed by atoms with Gasteiger partial charge in [-0.1, -0.05) is 13.8 Å². The van der Waals surface area contributed by atoms with E-state index >= 15 is 0 Å². The maximum Gasteiger partial charge on any atom is 0.0701 e. The molecule has 0 spiro atoms. The molecule has 2 heteroatoms. The molecule has 1 fully saturated rings. The Labute approximate surface area is 70.1 Å². The van der Waals surface area contributed by atoms with Crippen LogP contribution in [-0.2, 0) is 4.74 Å². The molecular formula is C9H21NO. The van der Waals surface area contributed by atoms with Gasteiger partial charge in [-0.3, -0.25) is 0 Å². The van der Waals surface area contributed by atoms with Crippen LogP contribution >= 0.6 is 0 Å². The van der Waals surface area contributed by atoms with Gasteiger partial charge in [0.2, 0.25) is 0 Å². The average molecular weight is 159 g/mol. The van der Waals surface area contributed by atoms with Crippen LogP contribution in [0.15, 0.2) is 0 Å². The molecule has 0 saturated carbocycles. The third kappa shape index (κ3) is 3.73. The first-order chi connectivity index (χ1) is 5.20. The van der Waals surface area contributed by atoms with Crippen molar-refractivity contribution in [3.63, 3.8) is 0 Å². The molecule has 0 aromatic carbocycles. The molecule has 1 aliphatic rings. The average Bonchev–Trinajstić information content (AvgIpc) is 2.02. The van der Waals surface area contributed by atoms with Crippen LogP contribution in [0.3, 0.4) is 0 Å². The second kappa shape index (κ2) is 5.56. The highest BCUT2D eigenvalue weighted by molar-refractivity contribution is 4.76. The lowest BCUT2D eigenvalue weighted by Gasteiger charge is -2.30. The summed E-state index contributed by atoms with van der Waals surface area (Å²) in [6.45, 7) is 8.14. The van der Waals surface area contributed by atoms with Crippen molar-refractivity contribution in [3.8, 4) is 0 Å². The van der Waals surface area contributed by atoms with Crippen molar-refractivity contribution in [2.24, 2.45) is 5.73 Å². The standard InChI is InChI=1S/C7H15NO.C2H6/c1-5-3-4-7(8)6(2)9-5;1-2/h5-7H,3-4,8H2,1-2H3;1-2H3. The van der Waals surface area contributed by atoms with Gasteiger partial charge in [0.05, 0.1) is 12.2 Å². The summed E-state index contributed by atoms with van der Waals surface area (Å²) in [5, 5.41) is 0. The number of hydrogen-bond donors (Lipinski definition) is 1. The van der Waals surface area contributed by atoms with Crippen LogP contribution in [0.1, 0.15) is 40.5 Å². The van der Waals surface area contributed by atoms with Gasteiger partial charge in [-0.2, -0.15) is 0 Å². The number of ether oxygens (including phenoxy) is 1. The summed E-state index contributed by atoms with van der Waals surface area (Å²) in [4.78, 5) is 0. The molecule has 1 heterocycles. The maximum atomic E-state index is 5.72. The molecule has 0 bridgehead atoms. The zero-order valence-electron chi connectivity index (χ0n) is 8.13. The summed E-state index contributed by atoms with van der Waals surface area (Å²) in [5.41, 5.74) is 5.72. The molecule has 2 N–H and O–H groups in total. The number of rotatable bonds is 0. The van der Waals surface area contributed by atoms with Gasteiger partial charge < -0.3 is 10.5 Å². The summed E-state index contributed by atoms with van der Waals surface area (Å²) in [7, 11) is 0. The van der Waals surface area contributed by atoms with Crippen molar-refractivity contribution in [2.75, 3.05) is 0 Å². The molecule has 0 radical (unpaired) electrons. The van der Waals surface area contributed by atoms with Crippen molar-refractivity contribution >= 4 is 0 Å². The smallest absolute Gasteiger partial charge is 0.0701 e. The Bertz CT molecular complexity index is 95.6. The molecule has 1 rings (SSSR count). The molecular weight excluding hydrogens is 138 g/mol. The van der Waals surface area contributed by atoms with E-state index in [1.807, 2.05) is 20.8 Å². The topological polar surface area (TPSA) is 35.2 Å². The van der Waals surface area contributed by atoms with Gasteiger partial charge >= 0.3 is 0 Å². The predicted octanol–water partition coefficient (Wildman–Crippen LogP) is 1.93. The second-order valence-corrected chi connectivity index (χ2v) is 2.89. The van der Waals surface area contributed by atoms with E-state index in [9.17, 15) is 0 Å². The van der Waals surface area contributed by atoms with Gasteiger partial charge in [-0.25, -0.2) is 0 Å². The van der Waals surface area contributed by atoms with E-state index in [4.69, 9.17) is 10.5 Å². The van der Waals surface area contributed by atoms with Gasteiger partial charge in [-0.05, 0) is 26.7 Å². The lowest BCUT2D eigenvalue weighted by molar-refractivity contribution is -0.0410. The zero-order valence-corrected chi connectivity index (χ0v) is 8.13. The minimum absolute atomic E-state index is 0.258. The molecule has 11 heavy (non-hydrogen) atoms. The monoisotopic (exact) mass is 159 g/mol. The normalized spacial score (nSPS) is 37.4. The Kier molecular flexibility index (Phi) is 5.51. The van der Waals surface area contributed by atoms with Gasteiger partial charge in [0.25, 0.3) is 0 Å². The lowest BCUT2D eigenvalue weighted by Crippen LogP contribution is -2.41. The van der Waals surface area contributed by atoms with Gasteiger partial charge in [0.15, 0.2) is 0 Å². The molecule has 2 nitrogen and oxygen atoms in total. The second-order valence-electron chi connectivity index (χ2n) is 2.89. The fourth-order valence-corrected chi connectivity index (χ4v) is 1.20. The Morgan fingerprint density at radius 3 is 2.09 bits per heavy atom. The highest BCUT2D eigenvalue weighted by atomic mass is 16.5. The molecule has 0 aromatic rings. The van der Waals surface area contributed by atoms with Crippen LogP contribution in [0.5, 0.6) is 0 Å². The van der Waals surface area contributed by atoms with E-state index in [0.29, 0.717) is 6.10 Å². The van der Waals surface area contributed by atoms with Crippen LogP contribution in [0, 0.1) is 0 Å². The summed E-state index contributed by atoms with van der Waals surface area (Å²) in [5.74, 6) is 0. The number of nitrogens with two attached hydrogens (primary N) is 1. The summed E-state index contributed by atoms with van der Waals surface area (Å²) in [6.07, 6.45) is 2.90. The summed E-state index contributed by atoms with van der Waals surface area (Å²) < 4.78 is 5.47. The Hall–Kier alpha value is -0.0800. The minimum atomic E-state index is 0.258. The molecule has 0 amide bonds. The zero-order chi connectivity index (χ0) is 8.85. The van der Waals surface area contributed by atoms with Crippen molar-refractivity contribution in [2.45, 2.75) is 58.8 Å². The fraction of sp³-hybridized carbons (Fsp3) is 1.00. The quantitative estimate of drug-likeness (QED) is 0.586. The van der Waals surface area contributed by atoms with E-state index in [2.05, 4.69) is 6.92 Å². The van der Waals surface area contributed by atoms with E-state index < -0.39 is 0 Å². The van der Waals surface area contributed by atoms with Crippen molar-refractivity contribution in [3.05, 3.63) is 0 Å². The first-order valence-corrected chi connectivity index (χ1v) is 4.61. The molecule has 1 saturated heterocycles. The van der Waals surface area contributed by atoms with Crippen LogP contribution in [0.2, 0.25) is 0 Å². The Morgan fingerprint density at radius 1 is 1.18 bits per heavy atom. The van der Waals surface area contributed by atoms with E-state index in [1.165, 1.54) is 0 Å². The molecule has 3 unspecified atom stereocenters. The van der Waals surface area contributed by atoms with Gasteiger partial charge in [-0.15, -0.1) is 0 Å². The summed E-state index contributed by atoms with van der Waals surface area (Å²) in [6, 6.07) is 0.265. The van der Waals surface area contributed by atoms with Crippen molar-refractivity contribution in [1.82, 2.24) is 0 Å². The Balaban J connectivity index is 0.000000461. The SMILES string of the molecule is CC.CC1CCC(N)C(C)O1. The number of hydrogen-bond acceptors (Lipinski definition) is 2. The van der Waals surface area contributed by atoms with E-state index in [-0.39, 0.29) is 12.1 Å².